The van der Waals surface area contributed by atoms with Crippen LogP contribution >= 0.6 is 22.6 Å². The molecule has 3 nitrogen and oxygen atoms in total. The summed E-state index contributed by atoms with van der Waals surface area (Å²) >= 11 is 1.76. The Bertz CT molecular complexity index is 392. The van der Waals surface area contributed by atoms with Crippen molar-refractivity contribution < 1.29 is 22.7 Å². The lowest BCUT2D eigenvalue weighted by Crippen LogP contribution is -2.18. The maximum absolute atomic E-state index is 11.9. The van der Waals surface area contributed by atoms with Gasteiger partial charge in [0.2, 0.25) is 5.91 Å². The molecule has 0 radical (unpaired) electrons. The van der Waals surface area contributed by atoms with Gasteiger partial charge in [-0.25, -0.2) is 0 Å². The maximum atomic E-state index is 11.9. The third kappa shape index (κ3) is 3.94. The Hall–Kier alpha value is -0.990. The van der Waals surface area contributed by atoms with Crippen LogP contribution in [-0.2, 0) is 0 Å². The number of halogens is 4. The Labute approximate surface area is 96.5 Å². The van der Waals surface area contributed by atoms with E-state index in [-0.39, 0.29) is 5.56 Å². The third-order valence-corrected chi connectivity index (χ3v) is 2.01. The maximum Gasteiger partial charge on any atom is 0.573 e. The van der Waals surface area contributed by atoms with Crippen LogP contribution in [0.25, 0.3) is 0 Å². The SMILES string of the molecule is NC(=O)c1cc(I)cc(OC(F)(F)F)c1. The number of ether oxygens (including phenoxy) is 1. The number of carbonyl (C=O) groups is 1. The molecule has 0 aliphatic rings. The molecule has 0 spiro atoms. The van der Waals surface area contributed by atoms with Crippen LogP contribution < -0.4 is 10.5 Å². The van der Waals surface area contributed by atoms with Crippen LogP contribution in [0.1, 0.15) is 10.4 Å². The van der Waals surface area contributed by atoms with Gasteiger partial charge in [0.15, 0.2) is 0 Å². The van der Waals surface area contributed by atoms with E-state index in [1.807, 2.05) is 0 Å². The lowest BCUT2D eigenvalue weighted by Gasteiger charge is -2.09. The van der Waals surface area contributed by atoms with E-state index < -0.39 is 18.0 Å². The topological polar surface area (TPSA) is 52.3 Å². The second-order valence-corrected chi connectivity index (χ2v) is 3.83. The minimum absolute atomic E-state index is 0.0267. The highest BCUT2D eigenvalue weighted by molar-refractivity contribution is 14.1. The van der Waals surface area contributed by atoms with E-state index in [1.54, 1.807) is 22.6 Å². The zero-order valence-electron chi connectivity index (χ0n) is 7.14. The predicted molar refractivity (Wildman–Crippen MR) is 54.4 cm³/mol. The van der Waals surface area contributed by atoms with E-state index in [1.165, 1.54) is 6.07 Å². The molecule has 15 heavy (non-hydrogen) atoms. The normalized spacial score (nSPS) is 11.2. The lowest BCUT2D eigenvalue weighted by molar-refractivity contribution is -0.274. The summed E-state index contributed by atoms with van der Waals surface area (Å²) in [4.78, 5) is 10.8. The van der Waals surface area contributed by atoms with Gasteiger partial charge in [0.1, 0.15) is 5.75 Å². The molecule has 7 heteroatoms. The van der Waals surface area contributed by atoms with Crippen LogP contribution in [-0.4, -0.2) is 12.3 Å². The molecule has 0 fully saturated rings. The molecule has 0 bridgehead atoms. The summed E-state index contributed by atoms with van der Waals surface area (Å²) in [5.74, 6) is -1.26. The quantitative estimate of drug-likeness (QED) is 0.846. The molecule has 0 aliphatic carbocycles. The van der Waals surface area contributed by atoms with Crippen LogP contribution in [0.4, 0.5) is 13.2 Å². The second-order valence-electron chi connectivity index (χ2n) is 2.59. The fraction of sp³-hybridized carbons (Fsp3) is 0.125. The average Bonchev–Trinajstić information content (AvgIpc) is 1.99. The molecule has 0 aromatic heterocycles. The summed E-state index contributed by atoms with van der Waals surface area (Å²) in [7, 11) is 0. The van der Waals surface area contributed by atoms with Gasteiger partial charge in [-0.2, -0.15) is 0 Å². The number of rotatable bonds is 2. The second kappa shape index (κ2) is 4.25. The number of nitrogens with two attached hydrogens (primary N) is 1. The molecule has 1 amide bonds. The molecule has 0 saturated heterocycles. The van der Waals surface area contributed by atoms with Gasteiger partial charge in [-0.3, -0.25) is 4.79 Å². The number of benzene rings is 1. The average molecular weight is 331 g/mol. The molecule has 0 unspecified atom stereocenters. The standard InChI is InChI=1S/C8H5F3INO2/c9-8(10,11)15-6-2-4(7(13)14)1-5(12)3-6/h1-3H,(H2,13,14). The summed E-state index contributed by atoms with van der Waals surface area (Å²) in [6, 6.07) is 3.46. The minimum atomic E-state index is -4.78. The third-order valence-electron chi connectivity index (χ3n) is 1.39. The molecular formula is C8H5F3INO2. The fourth-order valence-electron chi connectivity index (χ4n) is 0.898. The molecule has 0 atom stereocenters. The monoisotopic (exact) mass is 331 g/mol. The molecule has 1 aromatic carbocycles. The molecule has 0 saturated carbocycles. The number of primary amides is 1. The van der Waals surface area contributed by atoms with Crippen molar-refractivity contribution in [2.45, 2.75) is 6.36 Å². The largest absolute Gasteiger partial charge is 0.573 e. The van der Waals surface area contributed by atoms with E-state index >= 15 is 0 Å². The predicted octanol–water partition coefficient (Wildman–Crippen LogP) is 2.29. The van der Waals surface area contributed by atoms with Crippen molar-refractivity contribution in [2.75, 3.05) is 0 Å². The minimum Gasteiger partial charge on any atom is -0.406 e. The highest BCUT2D eigenvalue weighted by Crippen LogP contribution is 2.25. The van der Waals surface area contributed by atoms with Gasteiger partial charge in [0, 0.05) is 9.13 Å². The van der Waals surface area contributed by atoms with Crippen molar-refractivity contribution in [1.82, 2.24) is 0 Å². The first-order chi connectivity index (χ1) is 6.78. The Morgan fingerprint density at radius 3 is 2.40 bits per heavy atom. The van der Waals surface area contributed by atoms with Crippen LogP contribution in [0.2, 0.25) is 0 Å². The van der Waals surface area contributed by atoms with Gasteiger partial charge in [0.05, 0.1) is 0 Å². The van der Waals surface area contributed by atoms with Gasteiger partial charge in [-0.1, -0.05) is 0 Å². The van der Waals surface area contributed by atoms with E-state index in [4.69, 9.17) is 5.73 Å². The Balaban J connectivity index is 3.04. The number of alkyl halides is 3. The summed E-state index contributed by atoms with van der Waals surface area (Å²) in [6.07, 6.45) is -4.78. The van der Waals surface area contributed by atoms with Gasteiger partial charge < -0.3 is 10.5 Å². The van der Waals surface area contributed by atoms with Gasteiger partial charge in [-0.15, -0.1) is 13.2 Å². The van der Waals surface area contributed by atoms with E-state index in [2.05, 4.69) is 4.74 Å². The van der Waals surface area contributed by atoms with Crippen LogP contribution in [0.3, 0.4) is 0 Å². The highest BCUT2D eigenvalue weighted by atomic mass is 127. The highest BCUT2D eigenvalue weighted by Gasteiger charge is 2.31. The summed E-state index contributed by atoms with van der Waals surface area (Å²) < 4.78 is 39.7. The summed E-state index contributed by atoms with van der Waals surface area (Å²) in [5.41, 5.74) is 4.91. The van der Waals surface area contributed by atoms with Crippen molar-refractivity contribution in [3.8, 4) is 5.75 Å². The molecule has 2 N–H and O–H groups in total. The number of amides is 1. The smallest absolute Gasteiger partial charge is 0.406 e. The molecular weight excluding hydrogens is 326 g/mol. The van der Waals surface area contributed by atoms with Gasteiger partial charge >= 0.3 is 6.36 Å². The Morgan fingerprint density at radius 1 is 1.33 bits per heavy atom. The van der Waals surface area contributed by atoms with Crippen molar-refractivity contribution >= 4 is 28.5 Å². The first-order valence-electron chi connectivity index (χ1n) is 3.64. The van der Waals surface area contributed by atoms with Crippen molar-refractivity contribution in [3.05, 3.63) is 27.3 Å². The van der Waals surface area contributed by atoms with Crippen molar-refractivity contribution in [3.63, 3.8) is 0 Å². The van der Waals surface area contributed by atoms with Crippen LogP contribution in [0.5, 0.6) is 5.75 Å². The van der Waals surface area contributed by atoms with Gasteiger partial charge in [0.25, 0.3) is 0 Å². The summed E-state index contributed by atoms with van der Waals surface area (Å²) in [6.45, 7) is 0. The summed E-state index contributed by atoms with van der Waals surface area (Å²) in [5, 5.41) is 0. The van der Waals surface area contributed by atoms with E-state index in [0.29, 0.717) is 3.57 Å². The number of hydrogen-bond acceptors (Lipinski definition) is 2. The lowest BCUT2D eigenvalue weighted by atomic mass is 10.2. The zero-order chi connectivity index (χ0) is 11.6. The molecule has 82 valence electrons. The van der Waals surface area contributed by atoms with Crippen LogP contribution in [0.15, 0.2) is 18.2 Å². The molecule has 0 aliphatic heterocycles. The van der Waals surface area contributed by atoms with Crippen molar-refractivity contribution in [2.24, 2.45) is 5.73 Å². The van der Waals surface area contributed by atoms with Gasteiger partial charge in [-0.05, 0) is 40.8 Å². The first-order valence-corrected chi connectivity index (χ1v) is 4.72. The van der Waals surface area contributed by atoms with Crippen molar-refractivity contribution in [1.29, 1.82) is 0 Å². The fourth-order valence-corrected chi connectivity index (χ4v) is 1.54. The van der Waals surface area contributed by atoms with Crippen LogP contribution in [0, 0.1) is 3.57 Å². The number of carbonyl (C=O) groups excluding carboxylic acids is 1. The Morgan fingerprint density at radius 2 is 1.93 bits per heavy atom. The van der Waals surface area contributed by atoms with E-state index in [0.717, 1.165) is 12.1 Å². The molecule has 0 heterocycles. The first kappa shape index (κ1) is 12.1. The van der Waals surface area contributed by atoms with E-state index in [9.17, 15) is 18.0 Å². The zero-order valence-corrected chi connectivity index (χ0v) is 9.30. The molecule has 1 rings (SSSR count). The number of hydrogen-bond donors (Lipinski definition) is 1. The Kier molecular flexibility index (Phi) is 3.42. The molecule has 1 aromatic rings.